The van der Waals surface area contributed by atoms with Gasteiger partial charge in [-0.3, -0.25) is 9.88 Å². The van der Waals surface area contributed by atoms with Crippen LogP contribution in [0.1, 0.15) is 12.5 Å². The first kappa shape index (κ1) is 15.5. The first-order valence-corrected chi connectivity index (χ1v) is 7.59. The number of nitrogens with one attached hydrogen (secondary N) is 1. The van der Waals surface area contributed by atoms with Crippen molar-refractivity contribution in [1.82, 2.24) is 5.09 Å². The van der Waals surface area contributed by atoms with Crippen molar-refractivity contribution in [3.63, 3.8) is 0 Å². The van der Waals surface area contributed by atoms with Crippen LogP contribution >= 0.6 is 8.96 Å². The average molecular weight is 303 g/mol. The molecule has 0 heterocycles. The summed E-state index contributed by atoms with van der Waals surface area (Å²) in [5.41, 5.74) is 0.973. The summed E-state index contributed by atoms with van der Waals surface area (Å²) in [6, 6.07) is 18.7. The number of esters is 1. The van der Waals surface area contributed by atoms with Gasteiger partial charge in [0.25, 0.3) is 0 Å². The van der Waals surface area contributed by atoms with Crippen LogP contribution in [-0.2, 0) is 16.1 Å². The molecule has 0 saturated heterocycles. The number of rotatable bonds is 7. The van der Waals surface area contributed by atoms with E-state index in [0.29, 0.717) is 0 Å². The summed E-state index contributed by atoms with van der Waals surface area (Å²) in [7, 11) is 0.00289. The van der Waals surface area contributed by atoms with Crippen LogP contribution in [0.2, 0.25) is 0 Å². The Kier molecular flexibility index (Phi) is 6.20. The van der Waals surface area contributed by atoms with Crippen LogP contribution in [0.4, 0.5) is 0 Å². The fraction of sp³-hybridized carbons (Fsp3) is 0.188. The molecule has 2 aromatic rings. The Bertz CT molecular complexity index is 548. The zero-order chi connectivity index (χ0) is 14.9. The topological polar surface area (TPSA) is 47.6 Å². The fourth-order valence-electron chi connectivity index (χ4n) is 1.58. The lowest BCUT2D eigenvalue weighted by molar-refractivity contribution is -0.146. The van der Waals surface area contributed by atoms with Gasteiger partial charge in [-0.05, 0) is 24.6 Å². The summed E-state index contributed by atoms with van der Waals surface area (Å²) in [5.74, 6) is 0.483. The third-order valence-electron chi connectivity index (χ3n) is 2.76. The Labute approximate surface area is 126 Å². The predicted octanol–water partition coefficient (Wildman–Crippen LogP) is 3.30. The Balaban J connectivity index is 1.68. The maximum atomic E-state index is 11.8. The van der Waals surface area contributed by atoms with E-state index in [1.807, 2.05) is 60.7 Å². The van der Waals surface area contributed by atoms with Crippen molar-refractivity contribution in [2.75, 3.05) is 0 Å². The SMILES string of the molecule is CC(NPOc1ccccc1)C(=O)OCc1ccccc1. The zero-order valence-corrected chi connectivity index (χ0v) is 12.8. The second-order valence-corrected chi connectivity index (χ2v) is 5.17. The van der Waals surface area contributed by atoms with E-state index in [1.54, 1.807) is 6.92 Å². The molecule has 1 N–H and O–H groups in total. The highest BCUT2D eigenvalue weighted by Crippen LogP contribution is 2.17. The van der Waals surface area contributed by atoms with Gasteiger partial charge in [0.05, 0.1) is 0 Å². The molecule has 0 saturated carbocycles. The lowest BCUT2D eigenvalue weighted by Crippen LogP contribution is -2.30. The minimum absolute atomic E-state index is 0.00289. The molecule has 110 valence electrons. The van der Waals surface area contributed by atoms with Gasteiger partial charge >= 0.3 is 5.97 Å². The molecular weight excluding hydrogens is 285 g/mol. The molecule has 0 aliphatic heterocycles. The van der Waals surface area contributed by atoms with Gasteiger partial charge in [0.1, 0.15) is 27.4 Å². The molecule has 0 aliphatic rings. The standard InChI is InChI=1S/C16H18NO3P/c1-13(17-21-20-15-10-6-3-7-11-15)16(18)19-12-14-8-4-2-5-9-14/h2-11,13,17,21H,12H2,1H3. The number of benzene rings is 2. The molecule has 0 fully saturated rings. The van der Waals surface area contributed by atoms with Crippen molar-refractivity contribution in [3.05, 3.63) is 66.2 Å². The predicted molar refractivity (Wildman–Crippen MR) is 84.2 cm³/mol. The molecule has 2 atom stereocenters. The summed E-state index contributed by atoms with van der Waals surface area (Å²) in [5, 5.41) is 3.00. The molecule has 0 radical (unpaired) electrons. The van der Waals surface area contributed by atoms with Crippen LogP contribution in [0.15, 0.2) is 60.7 Å². The molecule has 5 heteroatoms. The molecule has 2 unspecified atom stereocenters. The number of hydrogen-bond donors (Lipinski definition) is 1. The third kappa shape index (κ3) is 5.54. The van der Waals surface area contributed by atoms with Crippen LogP contribution in [-0.4, -0.2) is 12.0 Å². The van der Waals surface area contributed by atoms with E-state index in [4.69, 9.17) is 9.26 Å². The summed E-state index contributed by atoms with van der Waals surface area (Å²) in [6.45, 7) is 2.04. The van der Waals surface area contributed by atoms with Crippen LogP contribution in [0.25, 0.3) is 0 Å². The number of carbonyl (C=O) groups excluding carboxylic acids is 1. The van der Waals surface area contributed by atoms with Crippen molar-refractivity contribution in [2.24, 2.45) is 0 Å². The van der Waals surface area contributed by atoms with Crippen LogP contribution in [0.5, 0.6) is 5.75 Å². The molecule has 4 nitrogen and oxygen atoms in total. The molecule has 0 aliphatic carbocycles. The van der Waals surface area contributed by atoms with Gasteiger partial charge in [-0.15, -0.1) is 0 Å². The van der Waals surface area contributed by atoms with E-state index in [-0.39, 0.29) is 21.5 Å². The van der Waals surface area contributed by atoms with E-state index < -0.39 is 6.04 Å². The lowest BCUT2D eigenvalue weighted by atomic mass is 10.2. The van der Waals surface area contributed by atoms with Crippen LogP contribution < -0.4 is 9.61 Å². The van der Waals surface area contributed by atoms with Crippen molar-refractivity contribution in [3.8, 4) is 5.75 Å². The second kappa shape index (κ2) is 8.40. The molecule has 0 spiro atoms. The maximum absolute atomic E-state index is 11.8. The molecular formula is C16H18NO3P. The van der Waals surface area contributed by atoms with Crippen LogP contribution in [0.3, 0.4) is 0 Å². The Morgan fingerprint density at radius 2 is 1.71 bits per heavy atom. The van der Waals surface area contributed by atoms with E-state index in [0.717, 1.165) is 11.3 Å². The largest absolute Gasteiger partial charge is 0.461 e. The quantitative estimate of drug-likeness (QED) is 0.630. The van der Waals surface area contributed by atoms with Gasteiger partial charge in [-0.25, -0.2) is 0 Å². The number of carbonyl (C=O) groups is 1. The number of ether oxygens (including phenoxy) is 1. The zero-order valence-electron chi connectivity index (χ0n) is 11.8. The van der Waals surface area contributed by atoms with Gasteiger partial charge < -0.3 is 9.26 Å². The average Bonchev–Trinajstić information content (AvgIpc) is 2.54. The molecule has 2 rings (SSSR count). The summed E-state index contributed by atoms with van der Waals surface area (Å²) >= 11 is 0. The van der Waals surface area contributed by atoms with Gasteiger partial charge in [-0.1, -0.05) is 48.5 Å². The lowest BCUT2D eigenvalue weighted by Gasteiger charge is -2.13. The molecule has 2 aromatic carbocycles. The summed E-state index contributed by atoms with van der Waals surface area (Å²) in [4.78, 5) is 11.8. The van der Waals surface area contributed by atoms with E-state index >= 15 is 0 Å². The summed E-state index contributed by atoms with van der Waals surface area (Å²) in [6.07, 6.45) is 0. The van der Waals surface area contributed by atoms with Crippen molar-refractivity contribution in [2.45, 2.75) is 19.6 Å². The van der Waals surface area contributed by atoms with Crippen LogP contribution in [0, 0.1) is 0 Å². The van der Waals surface area contributed by atoms with Gasteiger partial charge in [0.2, 0.25) is 0 Å². The smallest absolute Gasteiger partial charge is 0.323 e. The fourth-order valence-corrected chi connectivity index (χ4v) is 2.19. The molecule has 21 heavy (non-hydrogen) atoms. The second-order valence-electron chi connectivity index (χ2n) is 4.48. The van der Waals surface area contributed by atoms with Crippen molar-refractivity contribution < 1.29 is 14.1 Å². The maximum Gasteiger partial charge on any atom is 0.323 e. The first-order valence-electron chi connectivity index (χ1n) is 6.68. The number of para-hydroxylation sites is 1. The first-order chi connectivity index (χ1) is 10.3. The molecule has 0 bridgehead atoms. The van der Waals surface area contributed by atoms with Crippen molar-refractivity contribution >= 4 is 14.9 Å². The van der Waals surface area contributed by atoms with E-state index in [2.05, 4.69) is 5.09 Å². The van der Waals surface area contributed by atoms with E-state index in [9.17, 15) is 4.79 Å². The van der Waals surface area contributed by atoms with E-state index in [1.165, 1.54) is 0 Å². The minimum Gasteiger partial charge on any atom is -0.461 e. The number of hydrogen-bond acceptors (Lipinski definition) is 4. The minimum atomic E-state index is -0.407. The summed E-state index contributed by atoms with van der Waals surface area (Å²) < 4.78 is 10.7. The van der Waals surface area contributed by atoms with Gasteiger partial charge in [-0.2, -0.15) is 0 Å². The molecule has 0 amide bonds. The molecule has 0 aromatic heterocycles. The highest BCUT2D eigenvalue weighted by atomic mass is 31.1. The van der Waals surface area contributed by atoms with Gasteiger partial charge in [0, 0.05) is 0 Å². The Morgan fingerprint density at radius 1 is 1.10 bits per heavy atom. The monoisotopic (exact) mass is 303 g/mol. The normalized spacial score (nSPS) is 12.2. The highest BCUT2D eigenvalue weighted by molar-refractivity contribution is 7.30. The van der Waals surface area contributed by atoms with Crippen molar-refractivity contribution in [1.29, 1.82) is 0 Å². The third-order valence-corrected chi connectivity index (χ3v) is 3.65. The van der Waals surface area contributed by atoms with Gasteiger partial charge in [0.15, 0.2) is 0 Å². The Morgan fingerprint density at radius 3 is 2.38 bits per heavy atom. The Hall–Kier alpha value is -1.90. The highest BCUT2D eigenvalue weighted by Gasteiger charge is 2.14.